The molecular weight excluding hydrogens is 391 g/mol. The van der Waals surface area contributed by atoms with E-state index in [1.54, 1.807) is 18.2 Å². The molecule has 0 aromatic heterocycles. The van der Waals surface area contributed by atoms with Gasteiger partial charge in [-0.05, 0) is 30.3 Å². The maximum absolute atomic E-state index is 13.8. The van der Waals surface area contributed by atoms with Gasteiger partial charge in [-0.2, -0.15) is 0 Å². The number of oxime groups is 1. The minimum atomic E-state index is -1.12. The van der Waals surface area contributed by atoms with Crippen LogP contribution in [0, 0.1) is 11.7 Å². The predicted molar refractivity (Wildman–Crippen MR) is 98.3 cm³/mol. The molecule has 0 saturated carbocycles. The summed E-state index contributed by atoms with van der Waals surface area (Å²) >= 11 is 5.69. The Morgan fingerprint density at radius 2 is 1.89 bits per heavy atom. The third-order valence-corrected chi connectivity index (χ3v) is 4.96. The molecule has 28 heavy (non-hydrogen) atoms. The first-order chi connectivity index (χ1) is 13.5. The predicted octanol–water partition coefficient (Wildman–Crippen LogP) is 2.79. The van der Waals surface area contributed by atoms with Crippen molar-refractivity contribution in [3.8, 4) is 11.5 Å². The van der Waals surface area contributed by atoms with Crippen LogP contribution in [-0.2, 0) is 14.4 Å². The second-order valence-corrected chi connectivity index (χ2v) is 6.56. The van der Waals surface area contributed by atoms with Crippen LogP contribution in [0.15, 0.2) is 41.6 Å². The second-order valence-electron chi connectivity index (χ2n) is 6.16. The molecule has 0 radical (unpaired) electrons. The van der Waals surface area contributed by atoms with E-state index in [0.29, 0.717) is 17.1 Å². The van der Waals surface area contributed by atoms with Gasteiger partial charge in [0, 0.05) is 11.6 Å². The van der Waals surface area contributed by atoms with E-state index in [4.69, 9.17) is 25.9 Å². The lowest BCUT2D eigenvalue weighted by Gasteiger charge is -2.16. The van der Waals surface area contributed by atoms with Crippen molar-refractivity contribution in [3.05, 3.63) is 52.8 Å². The Kier molecular flexibility index (Phi) is 4.43. The molecule has 7 nitrogen and oxygen atoms in total. The summed E-state index contributed by atoms with van der Waals surface area (Å²) in [6.07, 6.45) is -1.12. The van der Waals surface area contributed by atoms with Crippen molar-refractivity contribution in [2.24, 2.45) is 11.1 Å². The molecule has 144 valence electrons. The van der Waals surface area contributed by atoms with Crippen LogP contribution < -0.4 is 14.4 Å². The normalized spacial score (nSPS) is 20.7. The van der Waals surface area contributed by atoms with E-state index in [0.717, 1.165) is 11.0 Å². The number of anilines is 1. The largest absolute Gasteiger partial charge is 0.497 e. The zero-order valence-corrected chi connectivity index (χ0v) is 15.6. The fourth-order valence-corrected chi connectivity index (χ4v) is 3.41. The molecule has 1 saturated heterocycles. The van der Waals surface area contributed by atoms with Crippen LogP contribution in [0.5, 0.6) is 11.5 Å². The molecule has 2 heterocycles. The number of amides is 2. The number of ether oxygens (including phenoxy) is 2. The number of hydrogen-bond donors (Lipinski definition) is 0. The van der Waals surface area contributed by atoms with E-state index in [9.17, 15) is 14.0 Å². The van der Waals surface area contributed by atoms with Gasteiger partial charge in [-0.25, -0.2) is 9.29 Å². The molecule has 0 unspecified atom stereocenters. The fourth-order valence-electron chi connectivity index (χ4n) is 3.29. The van der Waals surface area contributed by atoms with Gasteiger partial charge in [0.1, 0.15) is 28.9 Å². The number of nitrogens with zero attached hydrogens (tertiary/aromatic N) is 2. The van der Waals surface area contributed by atoms with E-state index in [1.165, 1.54) is 26.4 Å². The van der Waals surface area contributed by atoms with Gasteiger partial charge in [-0.1, -0.05) is 16.8 Å². The molecule has 2 aliphatic rings. The van der Waals surface area contributed by atoms with Crippen molar-refractivity contribution in [2.45, 2.75) is 6.10 Å². The van der Waals surface area contributed by atoms with Gasteiger partial charge in [0.05, 0.1) is 24.9 Å². The quantitative estimate of drug-likeness (QED) is 0.732. The van der Waals surface area contributed by atoms with E-state index in [2.05, 4.69) is 5.16 Å². The molecule has 2 amide bonds. The smallest absolute Gasteiger partial charge is 0.278 e. The van der Waals surface area contributed by atoms with Gasteiger partial charge in [0.2, 0.25) is 12.0 Å². The molecule has 0 N–H and O–H groups in total. The SMILES string of the molecule is COc1ccc(C2=NO[C@@H]3C(=O)N(c4ccc(Cl)c(F)c4)C(=O)[C@H]23)c(OC)c1. The summed E-state index contributed by atoms with van der Waals surface area (Å²) in [5, 5.41) is 3.84. The Labute approximate surface area is 164 Å². The second kappa shape index (κ2) is 6.79. The maximum Gasteiger partial charge on any atom is 0.278 e. The zero-order valence-electron chi connectivity index (χ0n) is 14.8. The van der Waals surface area contributed by atoms with E-state index in [-0.39, 0.29) is 16.4 Å². The van der Waals surface area contributed by atoms with Crippen LogP contribution in [0.2, 0.25) is 5.02 Å². The van der Waals surface area contributed by atoms with Crippen LogP contribution in [0.25, 0.3) is 0 Å². The third kappa shape index (κ3) is 2.68. The number of carbonyl (C=O) groups is 2. The topological polar surface area (TPSA) is 77.4 Å². The average Bonchev–Trinajstić information content (AvgIpc) is 3.24. The van der Waals surface area contributed by atoms with Crippen LogP contribution in [-0.4, -0.2) is 37.8 Å². The van der Waals surface area contributed by atoms with E-state index < -0.39 is 29.7 Å². The van der Waals surface area contributed by atoms with Crippen LogP contribution in [0.1, 0.15) is 5.56 Å². The molecule has 2 atom stereocenters. The standard InChI is InChI=1S/C19H14ClFN2O5/c1-26-10-4-5-11(14(8-10)27-2)16-15-17(28-22-16)19(25)23(18(15)24)9-3-6-12(20)13(21)7-9/h3-8,15,17H,1-2H3/t15-,17+/m1/s1. The number of rotatable bonds is 4. The first-order valence-corrected chi connectivity index (χ1v) is 8.63. The van der Waals surface area contributed by atoms with Crippen molar-refractivity contribution >= 4 is 34.8 Å². The lowest BCUT2D eigenvalue weighted by atomic mass is 9.93. The fraction of sp³-hybridized carbons (Fsp3) is 0.211. The summed E-state index contributed by atoms with van der Waals surface area (Å²) in [4.78, 5) is 31.9. The molecule has 0 spiro atoms. The van der Waals surface area contributed by atoms with Gasteiger partial charge in [-0.15, -0.1) is 0 Å². The molecule has 4 rings (SSSR count). The molecule has 2 aromatic carbocycles. The summed E-state index contributed by atoms with van der Waals surface area (Å²) in [6.45, 7) is 0. The van der Waals surface area contributed by atoms with Gasteiger partial charge >= 0.3 is 0 Å². The van der Waals surface area contributed by atoms with Crippen LogP contribution in [0.4, 0.5) is 10.1 Å². The number of hydrogen-bond acceptors (Lipinski definition) is 6. The number of imide groups is 1. The maximum atomic E-state index is 13.8. The zero-order chi connectivity index (χ0) is 20.0. The number of carbonyl (C=O) groups excluding carboxylic acids is 2. The molecule has 2 aromatic rings. The Balaban J connectivity index is 1.72. The highest BCUT2D eigenvalue weighted by Gasteiger charge is 2.56. The summed E-state index contributed by atoms with van der Waals surface area (Å²) < 4.78 is 24.4. The van der Waals surface area contributed by atoms with Gasteiger partial charge in [-0.3, -0.25) is 9.59 Å². The highest BCUT2D eigenvalue weighted by Crippen LogP contribution is 2.38. The van der Waals surface area contributed by atoms with E-state index >= 15 is 0 Å². The van der Waals surface area contributed by atoms with Gasteiger partial charge < -0.3 is 14.3 Å². The summed E-state index contributed by atoms with van der Waals surface area (Å²) in [6, 6.07) is 8.70. The monoisotopic (exact) mass is 404 g/mol. The highest BCUT2D eigenvalue weighted by molar-refractivity contribution is 6.33. The van der Waals surface area contributed by atoms with Crippen LogP contribution in [0.3, 0.4) is 0 Å². The lowest BCUT2D eigenvalue weighted by molar-refractivity contribution is -0.126. The molecule has 1 fully saturated rings. The Morgan fingerprint density at radius 1 is 1.11 bits per heavy atom. The van der Waals surface area contributed by atoms with Crippen molar-refractivity contribution in [3.63, 3.8) is 0 Å². The lowest BCUT2D eigenvalue weighted by Crippen LogP contribution is -2.33. The number of fused-ring (bicyclic) bond motifs is 1. The van der Waals surface area contributed by atoms with Gasteiger partial charge in [0.25, 0.3) is 5.91 Å². The number of halogens is 2. The molecular formula is C19H14ClFN2O5. The summed E-state index contributed by atoms with van der Waals surface area (Å²) in [5.74, 6) is -1.91. The summed E-state index contributed by atoms with van der Waals surface area (Å²) in [5.41, 5.74) is 0.844. The number of benzene rings is 2. The molecule has 9 heteroatoms. The van der Waals surface area contributed by atoms with Crippen molar-refractivity contribution in [2.75, 3.05) is 19.1 Å². The molecule has 0 bridgehead atoms. The van der Waals surface area contributed by atoms with E-state index in [1.807, 2.05) is 0 Å². The number of methoxy groups -OCH3 is 2. The third-order valence-electron chi connectivity index (χ3n) is 4.66. The first-order valence-electron chi connectivity index (χ1n) is 8.25. The summed E-state index contributed by atoms with van der Waals surface area (Å²) in [7, 11) is 2.99. The minimum Gasteiger partial charge on any atom is -0.497 e. The first kappa shape index (κ1) is 18.2. The Morgan fingerprint density at radius 3 is 2.57 bits per heavy atom. The molecule has 0 aliphatic carbocycles. The van der Waals surface area contributed by atoms with Crippen molar-refractivity contribution in [1.82, 2.24) is 0 Å². The van der Waals surface area contributed by atoms with Crippen molar-refractivity contribution < 1.29 is 28.3 Å². The Bertz CT molecular complexity index is 1030. The average molecular weight is 405 g/mol. The van der Waals surface area contributed by atoms with Crippen LogP contribution >= 0.6 is 11.6 Å². The van der Waals surface area contributed by atoms with Crippen molar-refractivity contribution in [1.29, 1.82) is 0 Å². The Hall–Kier alpha value is -3.13. The minimum absolute atomic E-state index is 0.0796. The highest BCUT2D eigenvalue weighted by atomic mass is 35.5. The molecule has 2 aliphatic heterocycles. The van der Waals surface area contributed by atoms with Gasteiger partial charge in [0.15, 0.2) is 0 Å².